The molecule has 0 amide bonds. The molecule has 1 saturated heterocycles. The smallest absolute Gasteiger partial charge is 0.127 e. The normalized spacial score (nSPS) is 17.5. The summed E-state index contributed by atoms with van der Waals surface area (Å²) in [5.41, 5.74) is 1.20. The molecule has 1 aromatic rings. The van der Waals surface area contributed by atoms with Crippen LogP contribution in [0.1, 0.15) is 38.3 Å². The van der Waals surface area contributed by atoms with Gasteiger partial charge in [0.25, 0.3) is 0 Å². The van der Waals surface area contributed by atoms with Gasteiger partial charge in [-0.2, -0.15) is 0 Å². The largest absolute Gasteiger partial charge is 0.496 e. The Bertz CT molecular complexity index is 434. The van der Waals surface area contributed by atoms with Gasteiger partial charge < -0.3 is 14.8 Å². The van der Waals surface area contributed by atoms with Crippen molar-refractivity contribution in [2.75, 3.05) is 40.4 Å². The highest BCUT2D eigenvalue weighted by molar-refractivity contribution is 5.47. The molecule has 1 aliphatic rings. The Kier molecular flexibility index (Phi) is 6.52. The lowest BCUT2D eigenvalue weighted by atomic mass is 9.94. The Balaban J connectivity index is 2.34. The molecule has 1 aromatic carbocycles. The minimum Gasteiger partial charge on any atom is -0.496 e. The fourth-order valence-electron chi connectivity index (χ4n) is 3.20. The second-order valence-electron chi connectivity index (χ2n) is 6.35. The zero-order valence-corrected chi connectivity index (χ0v) is 14.4. The summed E-state index contributed by atoms with van der Waals surface area (Å²) in [7, 11) is 3.49. The number of hydrogen-bond donors (Lipinski definition) is 1. The van der Waals surface area contributed by atoms with Crippen LogP contribution in [-0.2, 0) is 0 Å². The SMILES string of the molecule is COc1cccc(OC)c1[C@H](CCC(C)C)N1CCNCC1. The van der Waals surface area contributed by atoms with E-state index in [0.29, 0.717) is 12.0 Å². The van der Waals surface area contributed by atoms with Gasteiger partial charge in [0.2, 0.25) is 0 Å². The third kappa shape index (κ3) is 4.14. The van der Waals surface area contributed by atoms with Crippen molar-refractivity contribution in [3.8, 4) is 11.5 Å². The van der Waals surface area contributed by atoms with Gasteiger partial charge in [0, 0.05) is 32.2 Å². The van der Waals surface area contributed by atoms with Crippen LogP contribution >= 0.6 is 0 Å². The lowest BCUT2D eigenvalue weighted by Crippen LogP contribution is -2.45. The van der Waals surface area contributed by atoms with E-state index in [1.165, 1.54) is 12.0 Å². The summed E-state index contributed by atoms with van der Waals surface area (Å²) in [6.07, 6.45) is 2.34. The number of methoxy groups -OCH3 is 2. The summed E-state index contributed by atoms with van der Waals surface area (Å²) in [6.45, 7) is 8.82. The van der Waals surface area contributed by atoms with Crippen molar-refractivity contribution in [3.63, 3.8) is 0 Å². The highest BCUT2D eigenvalue weighted by atomic mass is 16.5. The number of rotatable bonds is 7. The number of nitrogens with one attached hydrogen (secondary N) is 1. The lowest BCUT2D eigenvalue weighted by molar-refractivity contribution is 0.154. The van der Waals surface area contributed by atoms with E-state index >= 15 is 0 Å². The van der Waals surface area contributed by atoms with Gasteiger partial charge in [-0.25, -0.2) is 0 Å². The summed E-state index contributed by atoms with van der Waals surface area (Å²) >= 11 is 0. The number of ether oxygens (including phenoxy) is 2. The molecule has 1 heterocycles. The third-order valence-electron chi connectivity index (χ3n) is 4.41. The van der Waals surface area contributed by atoms with E-state index in [1.54, 1.807) is 14.2 Å². The van der Waals surface area contributed by atoms with Gasteiger partial charge in [-0.05, 0) is 30.9 Å². The third-order valence-corrected chi connectivity index (χ3v) is 4.41. The van der Waals surface area contributed by atoms with Gasteiger partial charge >= 0.3 is 0 Å². The number of nitrogens with zero attached hydrogens (tertiary/aromatic N) is 1. The van der Waals surface area contributed by atoms with Crippen molar-refractivity contribution in [3.05, 3.63) is 23.8 Å². The fourth-order valence-corrected chi connectivity index (χ4v) is 3.20. The lowest BCUT2D eigenvalue weighted by Gasteiger charge is -2.36. The molecular weight excluding hydrogens is 276 g/mol. The zero-order chi connectivity index (χ0) is 15.9. The van der Waals surface area contributed by atoms with Crippen LogP contribution < -0.4 is 14.8 Å². The van der Waals surface area contributed by atoms with Crippen LogP contribution in [0, 0.1) is 5.92 Å². The molecule has 4 heteroatoms. The highest BCUT2D eigenvalue weighted by Crippen LogP contribution is 2.40. The Morgan fingerprint density at radius 2 is 1.64 bits per heavy atom. The first-order chi connectivity index (χ1) is 10.7. The van der Waals surface area contributed by atoms with E-state index in [0.717, 1.165) is 44.1 Å². The molecule has 1 N–H and O–H groups in total. The van der Waals surface area contributed by atoms with E-state index in [9.17, 15) is 0 Å². The van der Waals surface area contributed by atoms with Crippen LogP contribution in [0.25, 0.3) is 0 Å². The van der Waals surface area contributed by atoms with Crippen LogP contribution in [0.2, 0.25) is 0 Å². The van der Waals surface area contributed by atoms with Crippen LogP contribution in [0.4, 0.5) is 0 Å². The first-order valence-corrected chi connectivity index (χ1v) is 8.33. The molecule has 0 aliphatic carbocycles. The Labute approximate surface area is 134 Å². The predicted octanol–water partition coefficient (Wildman–Crippen LogP) is 3.09. The number of benzene rings is 1. The molecule has 1 fully saturated rings. The summed E-state index contributed by atoms with van der Waals surface area (Å²) in [5, 5.41) is 3.44. The second-order valence-corrected chi connectivity index (χ2v) is 6.35. The number of piperazine rings is 1. The van der Waals surface area contributed by atoms with Gasteiger partial charge in [-0.15, -0.1) is 0 Å². The molecular formula is C18H30N2O2. The molecule has 0 unspecified atom stereocenters. The Morgan fingerprint density at radius 3 is 2.14 bits per heavy atom. The van der Waals surface area contributed by atoms with Crippen LogP contribution in [0.3, 0.4) is 0 Å². The first-order valence-electron chi connectivity index (χ1n) is 8.33. The minimum absolute atomic E-state index is 0.357. The number of hydrogen-bond acceptors (Lipinski definition) is 4. The molecule has 0 saturated carbocycles. The zero-order valence-electron chi connectivity index (χ0n) is 14.4. The molecule has 0 radical (unpaired) electrons. The van der Waals surface area contributed by atoms with E-state index < -0.39 is 0 Å². The average molecular weight is 306 g/mol. The maximum atomic E-state index is 5.64. The van der Waals surface area contributed by atoms with Crippen LogP contribution in [0.5, 0.6) is 11.5 Å². The summed E-state index contributed by atoms with van der Waals surface area (Å²) in [6, 6.07) is 6.44. The standard InChI is InChI=1S/C18H30N2O2/c1-14(2)8-9-15(20-12-10-19-11-13-20)18-16(21-3)6-5-7-17(18)22-4/h5-7,14-15,19H,8-13H2,1-4H3/t15-/m0/s1. The first kappa shape index (κ1) is 17.1. The van der Waals surface area contributed by atoms with Crippen molar-refractivity contribution < 1.29 is 9.47 Å². The average Bonchev–Trinajstić information content (AvgIpc) is 2.55. The topological polar surface area (TPSA) is 33.7 Å². The predicted molar refractivity (Wildman–Crippen MR) is 90.8 cm³/mol. The van der Waals surface area contributed by atoms with Gasteiger partial charge in [-0.3, -0.25) is 4.90 Å². The van der Waals surface area contributed by atoms with Crippen molar-refractivity contribution in [2.24, 2.45) is 5.92 Å². The summed E-state index contributed by atoms with van der Waals surface area (Å²) in [4.78, 5) is 2.57. The monoisotopic (exact) mass is 306 g/mol. The summed E-state index contributed by atoms with van der Waals surface area (Å²) < 4.78 is 11.3. The highest BCUT2D eigenvalue weighted by Gasteiger charge is 2.27. The summed E-state index contributed by atoms with van der Waals surface area (Å²) in [5.74, 6) is 2.57. The molecule has 1 atom stereocenters. The quantitative estimate of drug-likeness (QED) is 0.839. The fraction of sp³-hybridized carbons (Fsp3) is 0.667. The van der Waals surface area contributed by atoms with E-state index in [2.05, 4.69) is 24.1 Å². The van der Waals surface area contributed by atoms with Crippen LogP contribution in [0.15, 0.2) is 18.2 Å². The van der Waals surface area contributed by atoms with Gasteiger partial charge in [0.05, 0.1) is 19.8 Å². The van der Waals surface area contributed by atoms with Crippen molar-refractivity contribution >= 4 is 0 Å². The molecule has 1 aliphatic heterocycles. The molecule has 22 heavy (non-hydrogen) atoms. The van der Waals surface area contributed by atoms with Crippen LogP contribution in [-0.4, -0.2) is 45.3 Å². The maximum absolute atomic E-state index is 5.64. The molecule has 124 valence electrons. The maximum Gasteiger partial charge on any atom is 0.127 e. The molecule has 4 nitrogen and oxygen atoms in total. The molecule has 0 spiro atoms. The second kappa shape index (κ2) is 8.39. The van der Waals surface area contributed by atoms with Crippen molar-refractivity contribution in [1.82, 2.24) is 10.2 Å². The Hall–Kier alpha value is -1.26. The molecule has 0 aromatic heterocycles. The van der Waals surface area contributed by atoms with Gasteiger partial charge in [0.15, 0.2) is 0 Å². The van der Waals surface area contributed by atoms with Gasteiger partial charge in [0.1, 0.15) is 11.5 Å². The van der Waals surface area contributed by atoms with Crippen molar-refractivity contribution in [1.29, 1.82) is 0 Å². The van der Waals surface area contributed by atoms with Gasteiger partial charge in [-0.1, -0.05) is 19.9 Å². The molecule has 0 bridgehead atoms. The Morgan fingerprint density at radius 1 is 1.05 bits per heavy atom. The van der Waals surface area contributed by atoms with E-state index in [1.807, 2.05) is 18.2 Å². The molecule has 2 rings (SSSR count). The van der Waals surface area contributed by atoms with E-state index in [-0.39, 0.29) is 0 Å². The minimum atomic E-state index is 0.357. The van der Waals surface area contributed by atoms with Crippen molar-refractivity contribution in [2.45, 2.75) is 32.7 Å². The van der Waals surface area contributed by atoms with E-state index in [4.69, 9.17) is 9.47 Å².